The summed E-state index contributed by atoms with van der Waals surface area (Å²) in [6.07, 6.45) is 1.38. The zero-order valence-corrected chi connectivity index (χ0v) is 21.0. The number of hydrazone groups is 1. The van der Waals surface area contributed by atoms with Crippen molar-refractivity contribution in [3.8, 4) is 11.5 Å². The summed E-state index contributed by atoms with van der Waals surface area (Å²) in [5, 5.41) is 9.18. The number of nitrogens with one attached hydrogen (secondary N) is 3. The van der Waals surface area contributed by atoms with Crippen molar-refractivity contribution in [1.82, 2.24) is 10.7 Å². The topological polar surface area (TPSA) is 118 Å². The van der Waals surface area contributed by atoms with Crippen molar-refractivity contribution in [1.29, 1.82) is 0 Å². The second-order valence-corrected chi connectivity index (χ2v) is 8.14. The highest BCUT2D eigenvalue weighted by atomic mass is 16.5. The molecule has 37 heavy (non-hydrogen) atoms. The summed E-state index contributed by atoms with van der Waals surface area (Å²) in [5.74, 6) is -1.17. The molecule has 3 amide bonds. The average molecular weight is 503 g/mol. The van der Waals surface area contributed by atoms with Crippen molar-refractivity contribution in [2.45, 2.75) is 27.3 Å². The molecular weight excluding hydrogens is 472 g/mol. The molecule has 0 aromatic heterocycles. The van der Waals surface area contributed by atoms with E-state index in [1.807, 2.05) is 69.3 Å². The van der Waals surface area contributed by atoms with E-state index in [-0.39, 0.29) is 19.1 Å². The fourth-order valence-electron chi connectivity index (χ4n) is 3.23. The van der Waals surface area contributed by atoms with E-state index in [1.165, 1.54) is 6.21 Å². The molecule has 0 radical (unpaired) electrons. The van der Waals surface area contributed by atoms with Gasteiger partial charge >= 0.3 is 11.8 Å². The molecule has 0 saturated carbocycles. The minimum absolute atomic E-state index is 0.200. The second kappa shape index (κ2) is 13.4. The maximum atomic E-state index is 12.3. The number of hydrogen-bond donors (Lipinski definition) is 3. The summed E-state index contributed by atoms with van der Waals surface area (Å²) >= 11 is 0. The van der Waals surface area contributed by atoms with E-state index in [9.17, 15) is 14.4 Å². The molecule has 192 valence electrons. The van der Waals surface area contributed by atoms with E-state index in [0.29, 0.717) is 29.4 Å². The van der Waals surface area contributed by atoms with Crippen LogP contribution < -0.4 is 25.5 Å². The molecule has 0 aliphatic rings. The highest BCUT2D eigenvalue weighted by Crippen LogP contribution is 2.28. The van der Waals surface area contributed by atoms with Crippen LogP contribution in [0.15, 0.2) is 71.8 Å². The zero-order chi connectivity index (χ0) is 26.6. The van der Waals surface area contributed by atoms with Crippen LogP contribution in [0.2, 0.25) is 0 Å². The Balaban J connectivity index is 1.52. The molecule has 9 heteroatoms. The van der Waals surface area contributed by atoms with Gasteiger partial charge in [0.25, 0.3) is 5.91 Å². The maximum absolute atomic E-state index is 12.3. The Morgan fingerprint density at radius 1 is 0.865 bits per heavy atom. The largest absolute Gasteiger partial charge is 0.490 e. The molecule has 9 nitrogen and oxygen atoms in total. The monoisotopic (exact) mass is 502 g/mol. The van der Waals surface area contributed by atoms with E-state index >= 15 is 0 Å². The van der Waals surface area contributed by atoms with Crippen LogP contribution in [-0.4, -0.2) is 37.1 Å². The van der Waals surface area contributed by atoms with Crippen LogP contribution in [0.1, 0.15) is 29.2 Å². The number of hydrogen-bond acceptors (Lipinski definition) is 6. The summed E-state index contributed by atoms with van der Waals surface area (Å²) in [7, 11) is 0. The van der Waals surface area contributed by atoms with Gasteiger partial charge in [0, 0.05) is 12.2 Å². The number of ether oxygens (including phenoxy) is 2. The standard InChI is InChI=1S/C28H30N4O5/c1-4-36-25-15-22(17-30-32-28(35)27(34)29-16-21-8-6-5-7-9-21)11-13-24(25)37-18-26(33)31-23-12-10-19(2)20(3)14-23/h5-15,17H,4,16,18H2,1-3H3,(H,29,34)(H,31,33)(H,32,35)/b30-17-. The lowest BCUT2D eigenvalue weighted by Crippen LogP contribution is -2.37. The van der Waals surface area contributed by atoms with E-state index in [4.69, 9.17) is 9.47 Å². The summed E-state index contributed by atoms with van der Waals surface area (Å²) in [4.78, 5) is 36.3. The smallest absolute Gasteiger partial charge is 0.329 e. The lowest BCUT2D eigenvalue weighted by Gasteiger charge is -2.13. The minimum Gasteiger partial charge on any atom is -0.490 e. The Kier molecular flexibility index (Phi) is 9.78. The Morgan fingerprint density at radius 2 is 1.65 bits per heavy atom. The average Bonchev–Trinajstić information content (AvgIpc) is 2.89. The van der Waals surface area contributed by atoms with Gasteiger partial charge < -0.3 is 20.1 Å². The maximum Gasteiger partial charge on any atom is 0.329 e. The second-order valence-electron chi connectivity index (χ2n) is 8.14. The first-order chi connectivity index (χ1) is 17.9. The van der Waals surface area contributed by atoms with Crippen LogP contribution in [0.3, 0.4) is 0 Å². The minimum atomic E-state index is -0.882. The van der Waals surface area contributed by atoms with Crippen LogP contribution >= 0.6 is 0 Å². The number of aryl methyl sites for hydroxylation is 2. The Hall–Kier alpha value is -4.66. The summed E-state index contributed by atoms with van der Waals surface area (Å²) in [6, 6.07) is 19.9. The van der Waals surface area contributed by atoms with E-state index in [1.54, 1.807) is 18.2 Å². The van der Waals surface area contributed by atoms with Crippen molar-refractivity contribution in [3.63, 3.8) is 0 Å². The fourth-order valence-corrected chi connectivity index (χ4v) is 3.23. The van der Waals surface area contributed by atoms with Gasteiger partial charge in [-0.15, -0.1) is 0 Å². The van der Waals surface area contributed by atoms with Crippen molar-refractivity contribution in [3.05, 3.63) is 89.0 Å². The molecule has 0 atom stereocenters. The number of rotatable bonds is 10. The number of carbonyl (C=O) groups is 3. The van der Waals surface area contributed by atoms with Crippen LogP contribution in [-0.2, 0) is 20.9 Å². The first-order valence-electron chi connectivity index (χ1n) is 11.8. The Labute approximate surface area is 215 Å². The quantitative estimate of drug-likeness (QED) is 0.223. The van der Waals surface area contributed by atoms with Gasteiger partial charge in [-0.05, 0) is 73.4 Å². The van der Waals surface area contributed by atoms with E-state index in [2.05, 4.69) is 21.2 Å². The van der Waals surface area contributed by atoms with Crippen molar-refractivity contribution >= 4 is 29.6 Å². The molecule has 3 rings (SSSR count). The predicted octanol–water partition coefficient (Wildman–Crippen LogP) is 3.49. The zero-order valence-electron chi connectivity index (χ0n) is 21.0. The van der Waals surface area contributed by atoms with Crippen LogP contribution in [0.4, 0.5) is 5.69 Å². The van der Waals surface area contributed by atoms with Gasteiger partial charge in [-0.1, -0.05) is 36.4 Å². The number of anilines is 1. The third kappa shape index (κ3) is 8.50. The van der Waals surface area contributed by atoms with Gasteiger partial charge in [0.2, 0.25) is 0 Å². The first-order valence-corrected chi connectivity index (χ1v) is 11.8. The summed E-state index contributed by atoms with van der Waals surface area (Å²) < 4.78 is 11.3. The molecular formula is C28H30N4O5. The van der Waals surface area contributed by atoms with Crippen molar-refractivity contribution in [2.75, 3.05) is 18.5 Å². The summed E-state index contributed by atoms with van der Waals surface area (Å²) in [6.45, 7) is 6.22. The molecule has 0 fully saturated rings. The molecule has 3 N–H and O–H groups in total. The first kappa shape index (κ1) is 26.9. The van der Waals surface area contributed by atoms with Gasteiger partial charge in [-0.2, -0.15) is 5.10 Å². The molecule has 0 aliphatic carbocycles. The highest BCUT2D eigenvalue weighted by Gasteiger charge is 2.12. The van der Waals surface area contributed by atoms with E-state index in [0.717, 1.165) is 16.7 Å². The van der Waals surface area contributed by atoms with Gasteiger partial charge in [0.1, 0.15) is 0 Å². The molecule has 0 bridgehead atoms. The third-order valence-electron chi connectivity index (χ3n) is 5.30. The number of nitrogens with zero attached hydrogens (tertiary/aromatic N) is 1. The van der Waals surface area contributed by atoms with Crippen LogP contribution in [0.5, 0.6) is 11.5 Å². The van der Waals surface area contributed by atoms with Crippen LogP contribution in [0, 0.1) is 13.8 Å². The number of amides is 3. The normalized spacial score (nSPS) is 10.6. The fraction of sp³-hybridized carbons (Fsp3) is 0.214. The molecule has 0 saturated heterocycles. The SMILES string of the molecule is CCOc1cc(/C=N\NC(=O)C(=O)NCc2ccccc2)ccc1OCC(=O)Nc1ccc(C)c(C)c1. The van der Waals surface area contributed by atoms with Crippen LogP contribution in [0.25, 0.3) is 0 Å². The molecule has 0 spiro atoms. The lowest BCUT2D eigenvalue weighted by molar-refractivity contribution is -0.139. The van der Waals surface area contributed by atoms with E-state index < -0.39 is 11.8 Å². The Bertz CT molecular complexity index is 1270. The number of benzene rings is 3. The van der Waals surface area contributed by atoms with Crippen molar-refractivity contribution in [2.24, 2.45) is 5.10 Å². The van der Waals surface area contributed by atoms with Gasteiger partial charge in [-0.3, -0.25) is 14.4 Å². The number of carbonyl (C=O) groups excluding carboxylic acids is 3. The van der Waals surface area contributed by atoms with Gasteiger partial charge in [0.05, 0.1) is 12.8 Å². The molecule has 0 unspecified atom stereocenters. The predicted molar refractivity (Wildman–Crippen MR) is 142 cm³/mol. The van der Waals surface area contributed by atoms with Crippen molar-refractivity contribution < 1.29 is 23.9 Å². The van der Waals surface area contributed by atoms with Gasteiger partial charge in [-0.25, -0.2) is 5.43 Å². The molecule has 0 aliphatic heterocycles. The molecule has 3 aromatic carbocycles. The summed E-state index contributed by atoms with van der Waals surface area (Å²) in [5.41, 5.74) is 6.59. The molecule has 3 aromatic rings. The highest BCUT2D eigenvalue weighted by molar-refractivity contribution is 6.35. The Morgan fingerprint density at radius 3 is 2.38 bits per heavy atom. The lowest BCUT2D eigenvalue weighted by atomic mass is 10.1. The molecule has 0 heterocycles. The van der Waals surface area contributed by atoms with Gasteiger partial charge in [0.15, 0.2) is 18.1 Å². The third-order valence-corrected chi connectivity index (χ3v) is 5.30.